The van der Waals surface area contributed by atoms with Gasteiger partial charge in [-0.1, -0.05) is 0 Å². The maximum atomic E-state index is 10.6. The molecule has 1 atom stereocenters. The number of hydrogen-bond acceptors (Lipinski definition) is 6. The van der Waals surface area contributed by atoms with Crippen LogP contribution in [0.3, 0.4) is 0 Å². The number of likely N-dealkylation sites (N-methyl/N-ethyl adjacent to an activating group) is 1. The number of thiophene rings is 1. The lowest BCUT2D eigenvalue weighted by Crippen LogP contribution is -2.26. The topological polar surface area (TPSA) is 71.3 Å². The molecule has 0 amide bonds. The molecule has 0 aliphatic carbocycles. The Morgan fingerprint density at radius 1 is 1.45 bits per heavy atom. The number of anilines is 1. The second-order valence-electron chi connectivity index (χ2n) is 4.58. The molecular formula is C13H16N4O2S. The first kappa shape index (κ1) is 14.4. The summed E-state index contributed by atoms with van der Waals surface area (Å²) in [5.74, 6) is 0.637. The summed E-state index contributed by atoms with van der Waals surface area (Å²) < 4.78 is 0. The number of pyridine rings is 1. The minimum atomic E-state index is -0.454. The van der Waals surface area contributed by atoms with E-state index in [0.717, 1.165) is 0 Å². The van der Waals surface area contributed by atoms with Crippen LogP contribution in [0.25, 0.3) is 0 Å². The molecule has 106 valence electrons. The van der Waals surface area contributed by atoms with Crippen molar-refractivity contribution in [3.8, 4) is 0 Å². The van der Waals surface area contributed by atoms with Gasteiger partial charge in [0.1, 0.15) is 12.0 Å². The highest BCUT2D eigenvalue weighted by atomic mass is 32.1. The van der Waals surface area contributed by atoms with Crippen molar-refractivity contribution in [3.63, 3.8) is 0 Å². The van der Waals surface area contributed by atoms with Crippen LogP contribution in [0.2, 0.25) is 0 Å². The van der Waals surface area contributed by atoms with Crippen LogP contribution in [0, 0.1) is 10.1 Å². The molecular weight excluding hydrogens is 276 g/mol. The molecule has 2 heterocycles. The van der Waals surface area contributed by atoms with Crippen molar-refractivity contribution in [2.45, 2.75) is 6.04 Å². The third kappa shape index (κ3) is 3.52. The summed E-state index contributed by atoms with van der Waals surface area (Å²) in [6, 6.07) is 5.40. The van der Waals surface area contributed by atoms with Gasteiger partial charge in [-0.15, -0.1) is 0 Å². The van der Waals surface area contributed by atoms with E-state index in [-0.39, 0.29) is 11.7 Å². The smallest absolute Gasteiger partial charge is 0.287 e. The quantitative estimate of drug-likeness (QED) is 0.655. The molecule has 0 spiro atoms. The number of hydrogen-bond donors (Lipinski definition) is 1. The van der Waals surface area contributed by atoms with Crippen LogP contribution in [0.1, 0.15) is 11.6 Å². The molecule has 1 N–H and O–H groups in total. The Balaban J connectivity index is 2.01. The van der Waals surface area contributed by atoms with Gasteiger partial charge in [-0.2, -0.15) is 11.3 Å². The number of nitrogens with one attached hydrogen (secondary N) is 1. The van der Waals surface area contributed by atoms with E-state index in [2.05, 4.69) is 32.0 Å². The molecule has 1 unspecified atom stereocenters. The molecule has 0 fully saturated rings. The fourth-order valence-electron chi connectivity index (χ4n) is 1.86. The largest absolute Gasteiger partial charge is 0.368 e. The van der Waals surface area contributed by atoms with E-state index in [0.29, 0.717) is 12.4 Å². The van der Waals surface area contributed by atoms with Gasteiger partial charge in [0.25, 0.3) is 5.69 Å². The van der Waals surface area contributed by atoms with Crippen LogP contribution >= 0.6 is 11.3 Å². The fraction of sp³-hybridized carbons (Fsp3) is 0.308. The minimum absolute atomic E-state index is 0.00227. The van der Waals surface area contributed by atoms with E-state index in [9.17, 15) is 10.1 Å². The zero-order chi connectivity index (χ0) is 14.5. The summed E-state index contributed by atoms with van der Waals surface area (Å²) in [5, 5.41) is 17.9. The minimum Gasteiger partial charge on any atom is -0.368 e. The van der Waals surface area contributed by atoms with Crippen molar-refractivity contribution < 1.29 is 4.92 Å². The molecule has 0 bridgehead atoms. The van der Waals surface area contributed by atoms with Crippen molar-refractivity contribution in [2.24, 2.45) is 0 Å². The zero-order valence-corrected chi connectivity index (χ0v) is 12.1. The lowest BCUT2D eigenvalue weighted by molar-refractivity contribution is -0.385. The van der Waals surface area contributed by atoms with Crippen molar-refractivity contribution in [1.82, 2.24) is 9.88 Å². The first-order valence-electron chi connectivity index (χ1n) is 6.11. The van der Waals surface area contributed by atoms with Crippen LogP contribution in [0.15, 0.2) is 35.2 Å². The van der Waals surface area contributed by atoms with Gasteiger partial charge in [-0.3, -0.25) is 10.1 Å². The van der Waals surface area contributed by atoms with Gasteiger partial charge in [0.15, 0.2) is 0 Å². The fourth-order valence-corrected chi connectivity index (χ4v) is 2.57. The Bertz CT molecular complexity index is 554. The zero-order valence-electron chi connectivity index (χ0n) is 11.3. The second-order valence-corrected chi connectivity index (χ2v) is 5.36. The SMILES string of the molecule is CN(C)C(CNc1ccc([N+](=O)[O-])cn1)c1ccsc1. The highest BCUT2D eigenvalue weighted by molar-refractivity contribution is 7.07. The number of aromatic nitrogens is 1. The molecule has 0 aliphatic rings. The molecule has 2 aromatic heterocycles. The van der Waals surface area contributed by atoms with Crippen molar-refractivity contribution in [2.75, 3.05) is 26.0 Å². The summed E-state index contributed by atoms with van der Waals surface area (Å²) in [7, 11) is 4.04. The average Bonchev–Trinajstić information content (AvgIpc) is 2.93. The Kier molecular flexibility index (Phi) is 4.65. The molecule has 2 aromatic rings. The van der Waals surface area contributed by atoms with Gasteiger partial charge in [0, 0.05) is 12.6 Å². The molecule has 0 saturated carbocycles. The first-order chi connectivity index (χ1) is 9.58. The molecule has 6 nitrogen and oxygen atoms in total. The van der Waals surface area contributed by atoms with E-state index in [1.54, 1.807) is 17.4 Å². The Morgan fingerprint density at radius 2 is 2.25 bits per heavy atom. The molecule has 0 aliphatic heterocycles. The first-order valence-corrected chi connectivity index (χ1v) is 7.05. The summed E-state index contributed by atoms with van der Waals surface area (Å²) in [6.07, 6.45) is 1.26. The third-order valence-corrected chi connectivity index (χ3v) is 3.69. The van der Waals surface area contributed by atoms with Gasteiger partial charge in [-0.05, 0) is 42.6 Å². The second kappa shape index (κ2) is 6.44. The summed E-state index contributed by atoms with van der Waals surface area (Å²) in [4.78, 5) is 16.3. The van der Waals surface area contributed by atoms with Crippen LogP contribution in [-0.2, 0) is 0 Å². The normalized spacial score (nSPS) is 12.3. The van der Waals surface area contributed by atoms with Gasteiger partial charge in [0.05, 0.1) is 11.0 Å². The molecule has 7 heteroatoms. The van der Waals surface area contributed by atoms with Gasteiger partial charge in [0.2, 0.25) is 0 Å². The van der Waals surface area contributed by atoms with Crippen molar-refractivity contribution >= 4 is 22.8 Å². The maximum absolute atomic E-state index is 10.6. The number of nitro groups is 1. The number of nitrogens with zero attached hydrogens (tertiary/aromatic N) is 3. The maximum Gasteiger partial charge on any atom is 0.287 e. The van der Waals surface area contributed by atoms with Crippen LogP contribution in [0.4, 0.5) is 11.5 Å². The summed E-state index contributed by atoms with van der Waals surface area (Å²) in [5.41, 5.74) is 1.24. The van der Waals surface area contributed by atoms with Gasteiger partial charge in [-0.25, -0.2) is 4.98 Å². The highest BCUT2D eigenvalue weighted by Crippen LogP contribution is 2.21. The summed E-state index contributed by atoms with van der Waals surface area (Å²) >= 11 is 1.67. The van der Waals surface area contributed by atoms with Crippen LogP contribution in [-0.4, -0.2) is 35.4 Å². The lowest BCUT2D eigenvalue weighted by Gasteiger charge is -2.24. The Labute approximate surface area is 121 Å². The van der Waals surface area contributed by atoms with Gasteiger partial charge < -0.3 is 10.2 Å². The van der Waals surface area contributed by atoms with E-state index in [1.165, 1.54) is 17.8 Å². The molecule has 0 saturated heterocycles. The van der Waals surface area contributed by atoms with Gasteiger partial charge >= 0.3 is 0 Å². The van der Waals surface area contributed by atoms with E-state index >= 15 is 0 Å². The van der Waals surface area contributed by atoms with E-state index in [1.807, 2.05) is 14.1 Å². The lowest BCUT2D eigenvalue weighted by atomic mass is 10.1. The highest BCUT2D eigenvalue weighted by Gasteiger charge is 2.14. The molecule has 0 radical (unpaired) electrons. The third-order valence-electron chi connectivity index (χ3n) is 2.99. The molecule has 0 aromatic carbocycles. The monoisotopic (exact) mass is 292 g/mol. The standard InChI is InChI=1S/C13H16N4O2S/c1-16(2)12(10-5-6-20-9-10)8-15-13-4-3-11(7-14-13)17(18)19/h3-7,9,12H,8H2,1-2H3,(H,14,15). The van der Waals surface area contributed by atoms with Crippen molar-refractivity contribution in [1.29, 1.82) is 0 Å². The summed E-state index contributed by atoms with van der Waals surface area (Å²) in [6.45, 7) is 0.689. The van der Waals surface area contributed by atoms with Crippen molar-refractivity contribution in [3.05, 3.63) is 50.8 Å². The Morgan fingerprint density at radius 3 is 2.75 bits per heavy atom. The predicted octanol–water partition coefficient (Wildman–Crippen LogP) is 2.77. The number of rotatable bonds is 6. The van der Waals surface area contributed by atoms with Crippen LogP contribution < -0.4 is 5.32 Å². The predicted molar refractivity (Wildman–Crippen MR) is 80.1 cm³/mol. The molecule has 20 heavy (non-hydrogen) atoms. The van der Waals surface area contributed by atoms with E-state index < -0.39 is 4.92 Å². The van der Waals surface area contributed by atoms with E-state index in [4.69, 9.17) is 0 Å². The Hall–Kier alpha value is -1.99. The van der Waals surface area contributed by atoms with Crippen LogP contribution in [0.5, 0.6) is 0 Å². The molecule has 2 rings (SSSR count). The average molecular weight is 292 g/mol.